The lowest BCUT2D eigenvalue weighted by Crippen LogP contribution is -2.44. The van der Waals surface area contributed by atoms with Gasteiger partial charge in [0.25, 0.3) is 0 Å². The second kappa shape index (κ2) is 36.8. The summed E-state index contributed by atoms with van der Waals surface area (Å²) in [6.45, 7) is 8.33. The second-order valence-electron chi connectivity index (χ2n) is 26.8. The topological polar surface area (TPSA) is 72.2 Å². The van der Waals surface area contributed by atoms with Crippen LogP contribution < -0.4 is 31.9 Å². The highest BCUT2D eigenvalue weighted by Crippen LogP contribution is 2.44. The molecule has 0 amide bonds. The molecule has 8 heterocycles. The third kappa shape index (κ3) is 22.7. The van der Waals surface area contributed by atoms with E-state index in [1.54, 1.807) is 81.8 Å². The fourth-order valence-corrected chi connectivity index (χ4v) is 16.0. The molecule has 0 radical (unpaired) electrons. The SMILES string of the molecule is C.C.C1CC2CC1CN2.C1CC2CCC(C1)N2.C1CC2CCC1C2.C1CC2CCC1CC2.C1CC2CCC1CN2.C1CCCCC1.C1CCNCC1.c1ccc2c(c1)CCC2.c1ccc2c(c1)CCN2.c1ccc2c(c1)CNC2. The lowest BCUT2D eigenvalue weighted by atomic mass is 9.71. The Morgan fingerprint density at radius 3 is 1.05 bits per heavy atom. The molecule has 0 aromatic heterocycles. The fraction of sp³-hybridized carbons (Fsp3) is 0.753. The molecule has 6 heteroatoms. The van der Waals surface area contributed by atoms with E-state index < -0.39 is 0 Å². The number of rotatable bonds is 0. The molecule has 79 heavy (non-hydrogen) atoms. The predicted octanol–water partition coefficient (Wildman–Crippen LogP) is 17.5. The molecule has 10 bridgehead atoms. The molecule has 6 N–H and O–H groups in total. The molecular weight excluding hydrogens is 961 g/mol. The highest BCUT2D eigenvalue weighted by atomic mass is 15.0. The Morgan fingerprint density at radius 2 is 0.722 bits per heavy atom. The van der Waals surface area contributed by atoms with Crippen LogP contribution in [0.5, 0.6) is 0 Å². The van der Waals surface area contributed by atoms with Crippen molar-refractivity contribution >= 4 is 5.69 Å². The van der Waals surface area contributed by atoms with Crippen molar-refractivity contribution in [2.45, 2.75) is 283 Å². The van der Waals surface area contributed by atoms with Gasteiger partial charge in [-0.25, -0.2) is 0 Å². The average Bonchev–Trinajstić information content (AvgIpc) is 4.40. The van der Waals surface area contributed by atoms with E-state index in [2.05, 4.69) is 105 Å². The van der Waals surface area contributed by atoms with Gasteiger partial charge >= 0.3 is 0 Å². The third-order valence-corrected chi connectivity index (χ3v) is 21.0. The summed E-state index contributed by atoms with van der Waals surface area (Å²) in [6, 6.07) is 29.4. The summed E-state index contributed by atoms with van der Waals surface area (Å²) in [7, 11) is 0. The summed E-state index contributed by atoms with van der Waals surface area (Å²) in [4.78, 5) is 0. The van der Waals surface area contributed by atoms with Gasteiger partial charge in [-0.15, -0.1) is 0 Å². The Bertz CT molecular complexity index is 1650. The second-order valence-corrected chi connectivity index (χ2v) is 26.8. The zero-order valence-electron chi connectivity index (χ0n) is 49.1. The van der Waals surface area contributed by atoms with Crippen LogP contribution in [0.4, 0.5) is 5.69 Å². The Hall–Kier alpha value is -2.74. The molecule has 6 saturated heterocycles. The number of hydrogen-bond donors (Lipinski definition) is 6. The van der Waals surface area contributed by atoms with Crippen LogP contribution in [0, 0.1) is 35.5 Å². The van der Waals surface area contributed by atoms with Crippen LogP contribution in [-0.4, -0.2) is 56.9 Å². The summed E-state index contributed by atoms with van der Waals surface area (Å²) in [5.41, 5.74) is 8.82. The minimum absolute atomic E-state index is 0. The first-order chi connectivity index (χ1) is 38.1. The van der Waals surface area contributed by atoms with Crippen LogP contribution in [0.2, 0.25) is 0 Å². The van der Waals surface area contributed by atoms with Crippen molar-refractivity contribution in [3.8, 4) is 0 Å². The molecule has 3 aromatic carbocycles. The largest absolute Gasteiger partial charge is 0.384 e. The zero-order valence-corrected chi connectivity index (χ0v) is 49.1. The number of benzene rings is 3. The lowest BCUT2D eigenvalue weighted by Gasteiger charge is -2.36. The zero-order chi connectivity index (χ0) is 52.4. The lowest BCUT2D eigenvalue weighted by molar-refractivity contribution is 0.176. The van der Waals surface area contributed by atoms with E-state index >= 15 is 0 Å². The molecule has 8 aliphatic heterocycles. The molecular formula is C73H122N6. The Morgan fingerprint density at radius 1 is 0.291 bits per heavy atom. The van der Waals surface area contributed by atoms with Crippen LogP contribution in [-0.2, 0) is 32.4 Å². The molecule has 8 saturated carbocycles. The van der Waals surface area contributed by atoms with Crippen molar-refractivity contribution in [2.24, 2.45) is 35.5 Å². The number of fused-ring (bicyclic) bond motifs is 15. The number of para-hydroxylation sites is 1. The highest BCUT2D eigenvalue weighted by molar-refractivity contribution is 5.54. The van der Waals surface area contributed by atoms with E-state index in [0.717, 1.165) is 67.5 Å². The van der Waals surface area contributed by atoms with Gasteiger partial charge in [-0.05, 0) is 211 Å². The monoisotopic (exact) mass is 1080 g/mol. The molecule has 4 unspecified atom stereocenters. The van der Waals surface area contributed by atoms with Crippen LogP contribution in [0.15, 0.2) is 72.8 Å². The minimum atomic E-state index is 0. The molecule has 4 atom stereocenters. The number of piperidine rings is 5. The average molecular weight is 1080 g/mol. The van der Waals surface area contributed by atoms with E-state index in [-0.39, 0.29) is 14.9 Å². The van der Waals surface area contributed by atoms with Gasteiger partial charge in [0.2, 0.25) is 0 Å². The number of hydrogen-bond acceptors (Lipinski definition) is 6. The van der Waals surface area contributed by atoms with Crippen molar-refractivity contribution in [2.75, 3.05) is 38.0 Å². The Labute approximate surface area is 487 Å². The molecule has 20 rings (SSSR count). The summed E-state index contributed by atoms with van der Waals surface area (Å²) < 4.78 is 0. The van der Waals surface area contributed by atoms with Gasteiger partial charge in [-0.1, -0.05) is 197 Å². The first-order valence-corrected chi connectivity index (χ1v) is 33.7. The summed E-state index contributed by atoms with van der Waals surface area (Å²) in [6.07, 6.45) is 53.1. The number of aryl methyl sites for hydroxylation is 2. The smallest absolute Gasteiger partial charge is 0.0373 e. The maximum absolute atomic E-state index is 3.59. The maximum atomic E-state index is 3.59. The van der Waals surface area contributed by atoms with Crippen molar-refractivity contribution in [1.29, 1.82) is 0 Å². The Kier molecular flexibility index (Phi) is 29.7. The first-order valence-electron chi connectivity index (χ1n) is 33.7. The van der Waals surface area contributed by atoms with E-state index in [1.165, 1.54) is 221 Å². The minimum Gasteiger partial charge on any atom is -0.384 e. The molecule has 444 valence electrons. The van der Waals surface area contributed by atoms with Gasteiger partial charge in [-0.3, -0.25) is 0 Å². The first kappa shape index (κ1) is 63.8. The number of anilines is 1. The highest BCUT2D eigenvalue weighted by Gasteiger charge is 2.32. The fourth-order valence-electron chi connectivity index (χ4n) is 16.0. The van der Waals surface area contributed by atoms with Crippen LogP contribution in [0.25, 0.3) is 0 Å². The molecule has 9 aliphatic carbocycles. The predicted molar refractivity (Wildman–Crippen MR) is 343 cm³/mol. The molecule has 17 aliphatic rings. The summed E-state index contributed by atoms with van der Waals surface area (Å²) in [5, 5.41) is 20.4. The third-order valence-electron chi connectivity index (χ3n) is 21.0. The van der Waals surface area contributed by atoms with Crippen molar-refractivity contribution in [3.63, 3.8) is 0 Å². The van der Waals surface area contributed by atoms with Crippen molar-refractivity contribution < 1.29 is 0 Å². The van der Waals surface area contributed by atoms with Crippen molar-refractivity contribution in [3.05, 3.63) is 101 Å². The molecule has 0 spiro atoms. The molecule has 6 nitrogen and oxygen atoms in total. The van der Waals surface area contributed by atoms with Gasteiger partial charge in [0.15, 0.2) is 0 Å². The summed E-state index contributed by atoms with van der Waals surface area (Å²) in [5.74, 6) is 6.75. The Balaban J connectivity index is 0.000000127. The molecule has 3 aromatic rings. The van der Waals surface area contributed by atoms with Crippen molar-refractivity contribution in [1.82, 2.24) is 26.6 Å². The van der Waals surface area contributed by atoms with Gasteiger partial charge < -0.3 is 31.9 Å². The summed E-state index contributed by atoms with van der Waals surface area (Å²) >= 11 is 0. The number of nitrogens with one attached hydrogen (secondary N) is 6. The van der Waals surface area contributed by atoms with Crippen LogP contribution in [0.3, 0.4) is 0 Å². The van der Waals surface area contributed by atoms with Gasteiger partial charge in [0.05, 0.1) is 0 Å². The van der Waals surface area contributed by atoms with E-state index in [4.69, 9.17) is 0 Å². The van der Waals surface area contributed by atoms with Gasteiger partial charge in [0.1, 0.15) is 0 Å². The normalized spacial score (nSPS) is 31.0. The van der Waals surface area contributed by atoms with E-state index in [0.29, 0.717) is 0 Å². The van der Waals surface area contributed by atoms with Gasteiger partial charge in [0, 0.05) is 49.5 Å². The van der Waals surface area contributed by atoms with E-state index in [1.807, 2.05) is 0 Å². The maximum Gasteiger partial charge on any atom is 0.0373 e. The van der Waals surface area contributed by atoms with E-state index in [9.17, 15) is 0 Å². The van der Waals surface area contributed by atoms with Crippen LogP contribution >= 0.6 is 0 Å². The van der Waals surface area contributed by atoms with Gasteiger partial charge in [-0.2, -0.15) is 0 Å². The van der Waals surface area contributed by atoms with Crippen LogP contribution in [0.1, 0.15) is 255 Å². The molecule has 14 fully saturated rings. The standard InChI is InChI=1S/C9H10.2C8H9N.C8H14.2C7H13N.C7H12.C6H11N.C6H12.C5H11N.2CH4/c1-2-5-9-7-3-6-8(9)4-1;1-2-4-8-6-9-5-7(8)3-1;1-2-4-8-7(3-1)5-6-9-8;1-2-8-5-3-7(1)4-6-8;1-3-7-4-2-6(1)5-8-7;1-2-6-4-5-7(3-1)8-6;1-2-7-4-3-6(1)5-7;1-2-6-3-5(1)4-7-6;2*1-2-4-6-5-3-1;;/h1-2,4-5H,3,6-7H2;2*1-4,9H,5-6H2;7-8H,1-6H2;2*6-8H,1-5H2;6-7H,1-5H2;5-7H,1-4H2;1-6H2;6H,1-5H2;2*1H4. The quantitative estimate of drug-likeness (QED) is 0.135.